The lowest BCUT2D eigenvalue weighted by atomic mass is 10.4. The van der Waals surface area contributed by atoms with Crippen molar-refractivity contribution in [2.24, 2.45) is 14.1 Å². The molecule has 2 rings (SSSR count). The van der Waals surface area contributed by atoms with E-state index >= 15 is 0 Å². The molecule has 2 aromatic heterocycles. The van der Waals surface area contributed by atoms with E-state index in [1.165, 1.54) is 0 Å². The minimum atomic E-state index is 0.424. The first-order chi connectivity index (χ1) is 8.00. The van der Waals surface area contributed by atoms with Crippen LogP contribution in [0, 0.1) is 6.92 Å². The maximum Gasteiger partial charge on any atom is 0.222 e. The molecule has 0 aliphatic rings. The summed E-state index contributed by atoms with van der Waals surface area (Å²) in [6.45, 7) is 1.97. The van der Waals surface area contributed by atoms with Gasteiger partial charge in [-0.25, -0.2) is 0 Å². The van der Waals surface area contributed by atoms with Crippen molar-refractivity contribution in [1.82, 2.24) is 24.5 Å². The molecule has 2 aromatic rings. The van der Waals surface area contributed by atoms with Gasteiger partial charge in [0, 0.05) is 19.8 Å². The molecule has 0 radical (unpaired) electrons. The Morgan fingerprint density at radius 2 is 2.06 bits per heavy atom. The van der Waals surface area contributed by atoms with Crippen LogP contribution in [0.1, 0.15) is 11.4 Å². The van der Waals surface area contributed by atoms with Gasteiger partial charge in [-0.1, -0.05) is 11.8 Å². The quantitative estimate of drug-likeness (QED) is 0.868. The van der Waals surface area contributed by atoms with Gasteiger partial charge in [-0.05, 0) is 22.9 Å². The van der Waals surface area contributed by atoms with E-state index in [0.29, 0.717) is 5.95 Å². The second-order valence-electron chi connectivity index (χ2n) is 3.66. The molecule has 0 saturated heterocycles. The lowest BCUT2D eigenvalue weighted by molar-refractivity contribution is 0.725. The fraction of sp³-hybridized carbons (Fsp3) is 0.444. The summed E-state index contributed by atoms with van der Waals surface area (Å²) in [6.07, 6.45) is 0. The highest BCUT2D eigenvalue weighted by atomic mass is 79.9. The molecular formula is C9H13BrN6S. The van der Waals surface area contributed by atoms with E-state index in [2.05, 4.69) is 31.2 Å². The Bertz CT molecular complexity index is 546. The van der Waals surface area contributed by atoms with E-state index in [-0.39, 0.29) is 0 Å². The summed E-state index contributed by atoms with van der Waals surface area (Å²) in [5.41, 5.74) is 7.73. The predicted octanol–water partition coefficient (Wildman–Crippen LogP) is 1.49. The largest absolute Gasteiger partial charge is 0.368 e. The Hall–Kier alpha value is -1.02. The Morgan fingerprint density at radius 1 is 1.35 bits per heavy atom. The van der Waals surface area contributed by atoms with Crippen molar-refractivity contribution in [3.05, 3.63) is 15.9 Å². The zero-order chi connectivity index (χ0) is 12.6. The first kappa shape index (κ1) is 12.4. The molecule has 0 aromatic carbocycles. The Labute approximate surface area is 112 Å². The van der Waals surface area contributed by atoms with Crippen LogP contribution in [0.25, 0.3) is 0 Å². The summed E-state index contributed by atoms with van der Waals surface area (Å²) in [4.78, 5) is 0. The van der Waals surface area contributed by atoms with Crippen molar-refractivity contribution in [2.75, 3.05) is 5.73 Å². The summed E-state index contributed by atoms with van der Waals surface area (Å²) >= 11 is 5.12. The Balaban J connectivity index is 2.15. The summed E-state index contributed by atoms with van der Waals surface area (Å²) < 4.78 is 4.68. The van der Waals surface area contributed by atoms with Crippen LogP contribution in [0.5, 0.6) is 0 Å². The van der Waals surface area contributed by atoms with Crippen molar-refractivity contribution in [1.29, 1.82) is 0 Å². The molecule has 0 aliphatic heterocycles. The maximum absolute atomic E-state index is 5.62. The van der Waals surface area contributed by atoms with E-state index < -0.39 is 0 Å². The molecule has 92 valence electrons. The number of anilines is 1. The van der Waals surface area contributed by atoms with E-state index in [1.807, 2.05) is 25.7 Å². The van der Waals surface area contributed by atoms with Gasteiger partial charge >= 0.3 is 0 Å². The fourth-order valence-corrected chi connectivity index (χ4v) is 3.07. The van der Waals surface area contributed by atoms with Crippen molar-refractivity contribution < 1.29 is 0 Å². The molecule has 0 bridgehead atoms. The van der Waals surface area contributed by atoms with Gasteiger partial charge < -0.3 is 5.73 Å². The molecule has 0 amide bonds. The van der Waals surface area contributed by atoms with Crippen LogP contribution >= 0.6 is 27.7 Å². The number of nitrogens with two attached hydrogens (primary N) is 1. The predicted molar refractivity (Wildman–Crippen MR) is 70.6 cm³/mol. The van der Waals surface area contributed by atoms with Crippen molar-refractivity contribution in [2.45, 2.75) is 17.8 Å². The molecule has 0 aliphatic carbocycles. The van der Waals surface area contributed by atoms with Gasteiger partial charge in [-0.3, -0.25) is 9.25 Å². The molecule has 8 heteroatoms. The van der Waals surface area contributed by atoms with Gasteiger partial charge in [0.25, 0.3) is 0 Å². The number of thioether (sulfide) groups is 1. The van der Waals surface area contributed by atoms with Crippen LogP contribution in [0.15, 0.2) is 9.63 Å². The van der Waals surface area contributed by atoms with E-state index in [4.69, 9.17) is 5.73 Å². The van der Waals surface area contributed by atoms with Crippen LogP contribution in [0.3, 0.4) is 0 Å². The number of hydrogen-bond donors (Lipinski definition) is 1. The van der Waals surface area contributed by atoms with Crippen LogP contribution < -0.4 is 5.73 Å². The first-order valence-electron chi connectivity index (χ1n) is 4.96. The summed E-state index contributed by atoms with van der Waals surface area (Å²) in [7, 11) is 3.78. The molecule has 2 N–H and O–H groups in total. The van der Waals surface area contributed by atoms with Gasteiger partial charge in [0.1, 0.15) is 0 Å². The standard InChI is InChI=1S/C9H13BrN6S/c1-5-7(10)6(16(3)14-5)4-17-9-13-12-8(11)15(9)2/h4H2,1-3H3,(H2,11,12). The number of halogens is 1. The highest BCUT2D eigenvalue weighted by molar-refractivity contribution is 9.10. The van der Waals surface area contributed by atoms with Gasteiger partial charge in [0.2, 0.25) is 5.95 Å². The van der Waals surface area contributed by atoms with Crippen LogP contribution in [0.4, 0.5) is 5.95 Å². The summed E-state index contributed by atoms with van der Waals surface area (Å²) in [5.74, 6) is 1.19. The van der Waals surface area contributed by atoms with Crippen LogP contribution in [-0.2, 0) is 19.8 Å². The monoisotopic (exact) mass is 316 g/mol. The zero-order valence-corrected chi connectivity index (χ0v) is 12.2. The number of nitrogens with zero attached hydrogens (tertiary/aromatic N) is 5. The lowest BCUT2D eigenvalue weighted by Crippen LogP contribution is -2.00. The third-order valence-corrected chi connectivity index (χ3v) is 4.53. The first-order valence-corrected chi connectivity index (χ1v) is 6.74. The second kappa shape index (κ2) is 4.69. The maximum atomic E-state index is 5.62. The molecule has 0 fully saturated rings. The molecule has 17 heavy (non-hydrogen) atoms. The van der Waals surface area contributed by atoms with E-state index in [0.717, 1.165) is 26.8 Å². The number of hydrogen-bond acceptors (Lipinski definition) is 5. The molecule has 0 saturated carbocycles. The molecule has 0 unspecified atom stereocenters. The highest BCUT2D eigenvalue weighted by Crippen LogP contribution is 2.27. The Kier molecular flexibility index (Phi) is 3.43. The molecule has 0 spiro atoms. The average molecular weight is 317 g/mol. The molecule has 6 nitrogen and oxygen atoms in total. The van der Waals surface area contributed by atoms with Crippen LogP contribution in [0.2, 0.25) is 0 Å². The average Bonchev–Trinajstić information content (AvgIpc) is 2.71. The van der Waals surface area contributed by atoms with Crippen molar-refractivity contribution in [3.63, 3.8) is 0 Å². The van der Waals surface area contributed by atoms with Gasteiger partial charge in [0.15, 0.2) is 5.16 Å². The normalized spacial score (nSPS) is 11.1. The van der Waals surface area contributed by atoms with E-state index in [1.54, 1.807) is 16.3 Å². The van der Waals surface area contributed by atoms with Gasteiger partial charge in [-0.15, -0.1) is 10.2 Å². The molecule has 0 atom stereocenters. The fourth-order valence-electron chi connectivity index (χ4n) is 1.42. The highest BCUT2D eigenvalue weighted by Gasteiger charge is 2.13. The minimum Gasteiger partial charge on any atom is -0.368 e. The Morgan fingerprint density at radius 3 is 2.53 bits per heavy atom. The molecule has 2 heterocycles. The SMILES string of the molecule is Cc1nn(C)c(CSc2nnc(N)n2C)c1Br. The third-order valence-electron chi connectivity index (χ3n) is 2.47. The number of rotatable bonds is 3. The van der Waals surface area contributed by atoms with E-state index in [9.17, 15) is 0 Å². The van der Waals surface area contributed by atoms with Gasteiger partial charge in [-0.2, -0.15) is 5.10 Å². The summed E-state index contributed by atoms with van der Waals surface area (Å²) in [6, 6.07) is 0. The second-order valence-corrected chi connectivity index (χ2v) is 5.39. The minimum absolute atomic E-state index is 0.424. The number of aromatic nitrogens is 5. The summed E-state index contributed by atoms with van der Waals surface area (Å²) in [5, 5.41) is 13.0. The number of aryl methyl sites for hydroxylation is 2. The van der Waals surface area contributed by atoms with Crippen molar-refractivity contribution in [3.8, 4) is 0 Å². The lowest BCUT2D eigenvalue weighted by Gasteiger charge is -2.03. The zero-order valence-electron chi connectivity index (χ0n) is 9.81. The van der Waals surface area contributed by atoms with Crippen LogP contribution in [-0.4, -0.2) is 24.5 Å². The third kappa shape index (κ3) is 2.32. The number of nitrogen functional groups attached to an aromatic ring is 1. The topological polar surface area (TPSA) is 74.6 Å². The molecular weight excluding hydrogens is 304 g/mol. The van der Waals surface area contributed by atoms with Crippen molar-refractivity contribution >= 4 is 33.6 Å². The van der Waals surface area contributed by atoms with Gasteiger partial charge in [0.05, 0.1) is 15.9 Å². The smallest absolute Gasteiger partial charge is 0.222 e.